The van der Waals surface area contributed by atoms with Crippen LogP contribution in [0.1, 0.15) is 19.0 Å². The van der Waals surface area contributed by atoms with Crippen molar-refractivity contribution in [2.24, 2.45) is 0 Å². The van der Waals surface area contributed by atoms with Crippen LogP contribution in [0.25, 0.3) is 10.9 Å². The fraction of sp³-hybridized carbons (Fsp3) is 0.235. The summed E-state index contributed by atoms with van der Waals surface area (Å²) in [7, 11) is 0. The largest absolute Gasteiger partial charge is 0.278 e. The molecule has 0 amide bonds. The molecule has 0 spiro atoms. The van der Waals surface area contributed by atoms with E-state index in [4.69, 9.17) is 0 Å². The molecule has 2 heterocycles. The lowest BCUT2D eigenvalue weighted by Gasteiger charge is -2.28. The highest BCUT2D eigenvalue weighted by molar-refractivity contribution is 5.82. The number of halogens is 1. The van der Waals surface area contributed by atoms with E-state index in [0.29, 0.717) is 5.69 Å². The van der Waals surface area contributed by atoms with E-state index >= 15 is 0 Å². The molecule has 0 saturated heterocycles. The Bertz CT molecular complexity index is 764. The predicted molar refractivity (Wildman–Crippen MR) is 83.9 cm³/mol. The van der Waals surface area contributed by atoms with E-state index in [2.05, 4.69) is 34.8 Å². The highest BCUT2D eigenvalue weighted by Crippen LogP contribution is 2.26. The van der Waals surface area contributed by atoms with Crippen molar-refractivity contribution < 1.29 is 4.39 Å². The number of rotatable bonds is 4. The van der Waals surface area contributed by atoms with Crippen molar-refractivity contribution in [1.29, 1.82) is 0 Å². The van der Waals surface area contributed by atoms with Crippen LogP contribution in [0.4, 0.5) is 10.1 Å². The Labute approximate surface area is 123 Å². The molecule has 0 bridgehead atoms. The predicted octanol–water partition coefficient (Wildman–Crippen LogP) is 4.16. The fourth-order valence-electron chi connectivity index (χ4n) is 2.72. The first-order valence-electron chi connectivity index (χ1n) is 7.16. The Morgan fingerprint density at radius 1 is 1.24 bits per heavy atom. The summed E-state index contributed by atoms with van der Waals surface area (Å²) in [5.41, 5.74) is 2.72. The summed E-state index contributed by atoms with van der Waals surface area (Å²) in [6.45, 7) is 4.87. The monoisotopic (exact) mass is 283 g/mol. The Balaban J connectivity index is 2.21. The van der Waals surface area contributed by atoms with Crippen LogP contribution in [0.3, 0.4) is 0 Å². The van der Waals surface area contributed by atoms with Crippen LogP contribution in [0, 0.1) is 12.7 Å². The maximum absolute atomic E-state index is 14.2. The Morgan fingerprint density at radius 2 is 2.05 bits per heavy atom. The van der Waals surface area contributed by atoms with Crippen LogP contribution in [0.2, 0.25) is 0 Å². The van der Waals surface area contributed by atoms with Gasteiger partial charge in [-0.25, -0.2) is 4.39 Å². The van der Waals surface area contributed by atoms with E-state index in [1.807, 2.05) is 24.1 Å². The number of fused-ring (bicyclic) bond motifs is 1. The first-order valence-corrected chi connectivity index (χ1v) is 7.16. The van der Waals surface area contributed by atoms with Gasteiger partial charge in [-0.05, 0) is 31.5 Å². The standard InChI is InChI=1S/C17H18FN3/c1-3-10-20(17-8-9-19-12-15(17)18)21-13(2)11-14-6-4-5-7-16(14)21/h4-9,11-12H,3,10H2,1-2H3. The number of hydrogen-bond acceptors (Lipinski definition) is 2. The number of para-hydroxylation sites is 1. The van der Waals surface area contributed by atoms with Crippen molar-refractivity contribution in [3.05, 3.63) is 60.3 Å². The molecule has 4 heteroatoms. The van der Waals surface area contributed by atoms with E-state index in [1.165, 1.54) is 6.20 Å². The van der Waals surface area contributed by atoms with Crippen LogP contribution in [-0.2, 0) is 0 Å². The molecule has 1 aromatic carbocycles. The molecule has 0 atom stereocenters. The van der Waals surface area contributed by atoms with E-state index in [9.17, 15) is 4.39 Å². The minimum absolute atomic E-state index is 0.303. The summed E-state index contributed by atoms with van der Waals surface area (Å²) in [6, 6.07) is 12.0. The molecule has 3 aromatic rings. The Hall–Kier alpha value is -2.36. The van der Waals surface area contributed by atoms with E-state index in [0.717, 1.165) is 29.6 Å². The van der Waals surface area contributed by atoms with Crippen molar-refractivity contribution in [1.82, 2.24) is 9.66 Å². The average molecular weight is 283 g/mol. The van der Waals surface area contributed by atoms with Gasteiger partial charge < -0.3 is 0 Å². The number of aryl methyl sites for hydroxylation is 1. The maximum Gasteiger partial charge on any atom is 0.166 e. The van der Waals surface area contributed by atoms with Crippen LogP contribution >= 0.6 is 0 Å². The minimum Gasteiger partial charge on any atom is -0.278 e. The van der Waals surface area contributed by atoms with Crippen molar-refractivity contribution in [2.45, 2.75) is 20.3 Å². The third-order valence-corrected chi connectivity index (χ3v) is 3.57. The van der Waals surface area contributed by atoms with Crippen LogP contribution in [0.5, 0.6) is 0 Å². The summed E-state index contributed by atoms with van der Waals surface area (Å²) in [5.74, 6) is -0.303. The second kappa shape index (κ2) is 5.56. The Kier molecular flexibility index (Phi) is 3.60. The quantitative estimate of drug-likeness (QED) is 0.716. The van der Waals surface area contributed by atoms with E-state index in [1.54, 1.807) is 12.3 Å². The van der Waals surface area contributed by atoms with Crippen LogP contribution in [-0.4, -0.2) is 16.2 Å². The zero-order chi connectivity index (χ0) is 14.8. The van der Waals surface area contributed by atoms with Crippen molar-refractivity contribution in [3.63, 3.8) is 0 Å². The van der Waals surface area contributed by atoms with Crippen molar-refractivity contribution in [3.8, 4) is 0 Å². The second-order valence-corrected chi connectivity index (χ2v) is 5.11. The molecule has 0 N–H and O–H groups in total. The molecule has 0 aliphatic carbocycles. The maximum atomic E-state index is 14.2. The first kappa shape index (κ1) is 13.6. The van der Waals surface area contributed by atoms with E-state index in [-0.39, 0.29) is 5.82 Å². The number of nitrogens with zero attached hydrogens (tertiary/aromatic N) is 3. The SMILES string of the molecule is CCCN(c1ccncc1F)n1c(C)cc2ccccc21. The molecular weight excluding hydrogens is 265 g/mol. The van der Waals surface area contributed by atoms with Crippen LogP contribution in [0.15, 0.2) is 48.8 Å². The number of aromatic nitrogens is 2. The van der Waals surface area contributed by atoms with Gasteiger partial charge in [0.1, 0.15) is 0 Å². The lowest BCUT2D eigenvalue weighted by Crippen LogP contribution is -2.31. The summed E-state index contributed by atoms with van der Waals surface area (Å²) >= 11 is 0. The highest BCUT2D eigenvalue weighted by atomic mass is 19.1. The van der Waals surface area contributed by atoms with Gasteiger partial charge in [0, 0.05) is 23.8 Å². The molecular formula is C17H18FN3. The number of anilines is 1. The zero-order valence-corrected chi connectivity index (χ0v) is 12.3. The fourth-order valence-corrected chi connectivity index (χ4v) is 2.72. The van der Waals surface area contributed by atoms with Gasteiger partial charge in [-0.1, -0.05) is 25.1 Å². The summed E-state index contributed by atoms with van der Waals surface area (Å²) < 4.78 is 16.2. The summed E-state index contributed by atoms with van der Waals surface area (Å²) in [4.78, 5) is 3.84. The minimum atomic E-state index is -0.303. The summed E-state index contributed by atoms with van der Waals surface area (Å²) in [5, 5.41) is 3.14. The van der Waals surface area contributed by atoms with Gasteiger partial charge in [0.15, 0.2) is 5.82 Å². The lowest BCUT2D eigenvalue weighted by molar-refractivity contribution is 0.593. The third-order valence-electron chi connectivity index (χ3n) is 3.57. The van der Waals surface area contributed by atoms with Gasteiger partial charge in [-0.3, -0.25) is 14.7 Å². The number of pyridine rings is 1. The normalized spacial score (nSPS) is 11.0. The topological polar surface area (TPSA) is 21.1 Å². The smallest absolute Gasteiger partial charge is 0.166 e. The van der Waals surface area contributed by atoms with Crippen molar-refractivity contribution >= 4 is 16.6 Å². The first-order chi connectivity index (χ1) is 10.2. The molecule has 108 valence electrons. The molecule has 3 rings (SSSR count). The summed E-state index contributed by atoms with van der Waals surface area (Å²) in [6.07, 6.45) is 3.81. The van der Waals surface area contributed by atoms with E-state index < -0.39 is 0 Å². The second-order valence-electron chi connectivity index (χ2n) is 5.11. The molecule has 3 nitrogen and oxygen atoms in total. The molecule has 21 heavy (non-hydrogen) atoms. The Morgan fingerprint density at radius 3 is 2.81 bits per heavy atom. The van der Waals surface area contributed by atoms with Gasteiger partial charge in [-0.15, -0.1) is 0 Å². The third kappa shape index (κ3) is 2.37. The lowest BCUT2D eigenvalue weighted by atomic mass is 10.2. The molecule has 0 radical (unpaired) electrons. The molecule has 0 unspecified atom stereocenters. The zero-order valence-electron chi connectivity index (χ0n) is 12.3. The molecule has 0 fully saturated rings. The van der Waals surface area contributed by atoms with Gasteiger partial charge >= 0.3 is 0 Å². The van der Waals surface area contributed by atoms with Crippen molar-refractivity contribution in [2.75, 3.05) is 11.6 Å². The molecule has 0 aliphatic rings. The number of hydrogen-bond donors (Lipinski definition) is 0. The van der Waals surface area contributed by atoms with Gasteiger partial charge in [0.05, 0.1) is 17.4 Å². The number of benzene rings is 1. The van der Waals surface area contributed by atoms with Crippen LogP contribution < -0.4 is 5.01 Å². The average Bonchev–Trinajstić information content (AvgIpc) is 2.82. The molecule has 0 saturated carbocycles. The van der Waals surface area contributed by atoms with Gasteiger partial charge in [0.25, 0.3) is 0 Å². The highest BCUT2D eigenvalue weighted by Gasteiger charge is 2.16. The van der Waals surface area contributed by atoms with Gasteiger partial charge in [0.2, 0.25) is 0 Å². The van der Waals surface area contributed by atoms with Gasteiger partial charge in [-0.2, -0.15) is 0 Å². The molecule has 2 aromatic heterocycles. The molecule has 0 aliphatic heterocycles.